The van der Waals surface area contributed by atoms with Crippen LogP contribution in [0.2, 0.25) is 0 Å². The van der Waals surface area contributed by atoms with E-state index in [1.54, 1.807) is 48.5 Å². The third-order valence-electron chi connectivity index (χ3n) is 5.94. The van der Waals surface area contributed by atoms with Crippen LogP contribution in [0.25, 0.3) is 0 Å². The van der Waals surface area contributed by atoms with E-state index < -0.39 is 16.0 Å². The first-order valence-corrected chi connectivity index (χ1v) is 12.0. The van der Waals surface area contributed by atoms with Crippen LogP contribution >= 0.6 is 0 Å². The first-order chi connectivity index (χ1) is 14.2. The molecule has 5 nitrogen and oxygen atoms in total. The standard InChI is InChI=1S/C24H31NO4S/c1-16(2)20-14-11-18(4)15-23(20)29-24(26)21-7-5-6-8-22(21)25-30(27,28)19-12-9-17(3)10-13-19/h5-10,12-13,16,18,20,23,25H,11,14-15H2,1-4H3/t18?,20-,23+/m0/s1. The van der Waals surface area contributed by atoms with E-state index in [0.717, 1.165) is 24.8 Å². The van der Waals surface area contributed by atoms with Gasteiger partial charge >= 0.3 is 5.97 Å². The first kappa shape index (κ1) is 22.3. The summed E-state index contributed by atoms with van der Waals surface area (Å²) in [6, 6.07) is 13.2. The van der Waals surface area contributed by atoms with Crippen LogP contribution in [-0.2, 0) is 14.8 Å². The van der Waals surface area contributed by atoms with Crippen molar-refractivity contribution in [3.8, 4) is 0 Å². The van der Waals surface area contributed by atoms with Gasteiger partial charge in [-0.3, -0.25) is 4.72 Å². The second kappa shape index (κ2) is 9.21. The number of ether oxygens (including phenoxy) is 1. The zero-order valence-electron chi connectivity index (χ0n) is 18.1. The van der Waals surface area contributed by atoms with Crippen LogP contribution in [0.5, 0.6) is 0 Å². The monoisotopic (exact) mass is 429 g/mol. The number of sulfonamides is 1. The van der Waals surface area contributed by atoms with E-state index in [0.29, 0.717) is 17.8 Å². The average molecular weight is 430 g/mol. The minimum absolute atomic E-state index is 0.150. The van der Waals surface area contributed by atoms with Gasteiger partial charge in [-0.15, -0.1) is 0 Å². The Hall–Kier alpha value is -2.34. The van der Waals surface area contributed by atoms with E-state index in [9.17, 15) is 13.2 Å². The molecule has 1 N–H and O–H groups in total. The molecule has 0 aliphatic heterocycles. The Bertz CT molecular complexity index is 983. The van der Waals surface area contributed by atoms with Crippen LogP contribution in [0.15, 0.2) is 53.4 Å². The lowest BCUT2D eigenvalue weighted by molar-refractivity contribution is -0.0173. The van der Waals surface area contributed by atoms with E-state index in [4.69, 9.17) is 4.74 Å². The molecule has 2 aromatic carbocycles. The van der Waals surface area contributed by atoms with Gasteiger partial charge in [0, 0.05) is 0 Å². The number of hydrogen-bond donors (Lipinski definition) is 1. The normalized spacial score (nSPS) is 22.0. The van der Waals surface area contributed by atoms with Gasteiger partial charge in [-0.05, 0) is 61.8 Å². The largest absolute Gasteiger partial charge is 0.458 e. The predicted octanol–water partition coefficient (Wildman–Crippen LogP) is 5.41. The van der Waals surface area contributed by atoms with Gasteiger partial charge in [0.15, 0.2) is 0 Å². The highest BCUT2D eigenvalue weighted by atomic mass is 32.2. The number of esters is 1. The Kier molecular flexibility index (Phi) is 6.86. The minimum atomic E-state index is -3.81. The number of nitrogens with one attached hydrogen (secondary N) is 1. The summed E-state index contributed by atoms with van der Waals surface area (Å²) in [7, 11) is -3.81. The Morgan fingerprint density at radius 3 is 2.40 bits per heavy atom. The van der Waals surface area contributed by atoms with Crippen LogP contribution in [-0.4, -0.2) is 20.5 Å². The van der Waals surface area contributed by atoms with E-state index >= 15 is 0 Å². The van der Waals surface area contributed by atoms with Gasteiger partial charge in [-0.25, -0.2) is 13.2 Å². The molecule has 0 radical (unpaired) electrons. The molecule has 1 unspecified atom stereocenters. The van der Waals surface area contributed by atoms with Crippen molar-refractivity contribution in [1.82, 2.24) is 0 Å². The van der Waals surface area contributed by atoms with E-state index in [-0.39, 0.29) is 22.3 Å². The number of carbonyl (C=O) groups excluding carboxylic acids is 1. The molecular formula is C24H31NO4S. The second-order valence-corrected chi connectivity index (χ2v) is 10.4. The Morgan fingerprint density at radius 2 is 1.73 bits per heavy atom. The van der Waals surface area contributed by atoms with Crippen LogP contribution in [0.4, 0.5) is 5.69 Å². The van der Waals surface area contributed by atoms with Crippen LogP contribution in [0.3, 0.4) is 0 Å². The van der Waals surface area contributed by atoms with Crippen molar-refractivity contribution >= 4 is 21.7 Å². The molecule has 162 valence electrons. The molecule has 0 spiro atoms. The van der Waals surface area contributed by atoms with Gasteiger partial charge in [0.05, 0.1) is 16.1 Å². The number of hydrogen-bond acceptors (Lipinski definition) is 4. The topological polar surface area (TPSA) is 72.5 Å². The highest BCUT2D eigenvalue weighted by Crippen LogP contribution is 2.36. The maximum absolute atomic E-state index is 13.0. The maximum atomic E-state index is 13.0. The summed E-state index contributed by atoms with van der Waals surface area (Å²) in [5, 5.41) is 0. The molecule has 3 atom stereocenters. The van der Waals surface area contributed by atoms with Crippen molar-refractivity contribution < 1.29 is 17.9 Å². The number of rotatable bonds is 6. The molecule has 0 heterocycles. The van der Waals surface area contributed by atoms with Crippen LogP contribution < -0.4 is 4.72 Å². The zero-order valence-corrected chi connectivity index (χ0v) is 18.9. The molecule has 0 bridgehead atoms. The molecule has 1 aliphatic rings. The van der Waals surface area contributed by atoms with Gasteiger partial charge in [0.2, 0.25) is 0 Å². The molecule has 0 amide bonds. The number of carbonyl (C=O) groups is 1. The fraction of sp³-hybridized carbons (Fsp3) is 0.458. The average Bonchev–Trinajstić information content (AvgIpc) is 2.68. The second-order valence-electron chi connectivity index (χ2n) is 8.73. The van der Waals surface area contributed by atoms with Crippen LogP contribution in [0.1, 0.15) is 56.0 Å². The fourth-order valence-electron chi connectivity index (χ4n) is 4.12. The maximum Gasteiger partial charge on any atom is 0.340 e. The summed E-state index contributed by atoms with van der Waals surface area (Å²) in [5.74, 6) is 0.766. The van der Waals surface area contributed by atoms with Crippen molar-refractivity contribution in [3.05, 3.63) is 59.7 Å². The molecule has 2 aromatic rings. The number of aryl methyl sites for hydroxylation is 1. The Morgan fingerprint density at radius 1 is 1.07 bits per heavy atom. The summed E-state index contributed by atoms with van der Waals surface area (Å²) in [4.78, 5) is 13.2. The zero-order chi connectivity index (χ0) is 21.9. The highest BCUT2D eigenvalue weighted by molar-refractivity contribution is 7.92. The summed E-state index contributed by atoms with van der Waals surface area (Å²) >= 11 is 0. The number of benzene rings is 2. The smallest absolute Gasteiger partial charge is 0.340 e. The minimum Gasteiger partial charge on any atom is -0.458 e. The van der Waals surface area contributed by atoms with Crippen LogP contribution in [0, 0.1) is 24.7 Å². The SMILES string of the molecule is Cc1ccc(S(=O)(=O)Nc2ccccc2C(=O)O[C@@H]2CC(C)CC[C@H]2C(C)C)cc1. The molecule has 3 rings (SSSR count). The summed E-state index contributed by atoms with van der Waals surface area (Å²) in [6.07, 6.45) is 2.87. The molecule has 6 heteroatoms. The fourth-order valence-corrected chi connectivity index (χ4v) is 5.20. The molecule has 1 aliphatic carbocycles. The lowest BCUT2D eigenvalue weighted by atomic mass is 9.75. The third kappa shape index (κ3) is 5.22. The van der Waals surface area contributed by atoms with Gasteiger partial charge in [0.25, 0.3) is 10.0 Å². The lowest BCUT2D eigenvalue weighted by Crippen LogP contribution is -2.36. The predicted molar refractivity (Wildman–Crippen MR) is 119 cm³/mol. The summed E-state index contributed by atoms with van der Waals surface area (Å²) in [6.45, 7) is 8.39. The highest BCUT2D eigenvalue weighted by Gasteiger charge is 2.34. The first-order valence-electron chi connectivity index (χ1n) is 10.6. The Balaban J connectivity index is 1.82. The summed E-state index contributed by atoms with van der Waals surface area (Å²) < 4.78 is 34.1. The van der Waals surface area contributed by atoms with Gasteiger partial charge in [0.1, 0.15) is 6.10 Å². The molecule has 0 aromatic heterocycles. The summed E-state index contributed by atoms with van der Waals surface area (Å²) in [5.41, 5.74) is 1.43. The Labute approximate surface area is 179 Å². The third-order valence-corrected chi connectivity index (χ3v) is 7.32. The quantitative estimate of drug-likeness (QED) is 0.623. The van der Waals surface area contributed by atoms with E-state index in [1.165, 1.54) is 0 Å². The van der Waals surface area contributed by atoms with E-state index in [2.05, 4.69) is 25.5 Å². The molecule has 1 fully saturated rings. The van der Waals surface area contributed by atoms with Gasteiger partial charge in [-0.2, -0.15) is 0 Å². The lowest BCUT2D eigenvalue weighted by Gasteiger charge is -2.36. The molecule has 0 saturated heterocycles. The van der Waals surface area contributed by atoms with Gasteiger partial charge in [-0.1, -0.05) is 57.0 Å². The van der Waals surface area contributed by atoms with Crippen molar-refractivity contribution in [2.24, 2.45) is 17.8 Å². The molecular weight excluding hydrogens is 398 g/mol. The van der Waals surface area contributed by atoms with E-state index in [1.807, 2.05) is 6.92 Å². The van der Waals surface area contributed by atoms with Crippen molar-refractivity contribution in [2.45, 2.75) is 58.0 Å². The molecule has 1 saturated carbocycles. The van der Waals surface area contributed by atoms with Crippen molar-refractivity contribution in [1.29, 1.82) is 0 Å². The number of anilines is 1. The number of para-hydroxylation sites is 1. The molecule has 30 heavy (non-hydrogen) atoms. The van der Waals surface area contributed by atoms with Crippen molar-refractivity contribution in [2.75, 3.05) is 4.72 Å². The van der Waals surface area contributed by atoms with Crippen molar-refractivity contribution in [3.63, 3.8) is 0 Å². The van der Waals surface area contributed by atoms with Gasteiger partial charge < -0.3 is 4.74 Å².